The Bertz CT molecular complexity index is 204. The molecule has 1 fully saturated rings. The van der Waals surface area contributed by atoms with Gasteiger partial charge in [0.15, 0.2) is 6.29 Å². The van der Waals surface area contributed by atoms with Crippen LogP contribution >= 0.6 is 0 Å². The van der Waals surface area contributed by atoms with Crippen LogP contribution < -0.4 is 0 Å². The second kappa shape index (κ2) is 9.63. The molecule has 0 N–H and O–H groups in total. The van der Waals surface area contributed by atoms with Gasteiger partial charge >= 0.3 is 0 Å². The van der Waals surface area contributed by atoms with Crippen LogP contribution in [0.3, 0.4) is 0 Å². The quantitative estimate of drug-likeness (QED) is 0.342. The van der Waals surface area contributed by atoms with Gasteiger partial charge in [-0.05, 0) is 18.9 Å². The molecule has 1 rings (SSSR count). The van der Waals surface area contributed by atoms with E-state index in [1.807, 2.05) is 6.08 Å². The Hall–Kier alpha value is -0.380. The summed E-state index contributed by atoms with van der Waals surface area (Å²) in [5, 5.41) is 0. The predicted molar refractivity (Wildman–Crippen MR) is 68.3 cm³/mol. The number of rotatable bonds is 9. The number of allylic oxidation sites excluding steroid dienone is 1. The molecule has 3 nitrogen and oxygen atoms in total. The summed E-state index contributed by atoms with van der Waals surface area (Å²) in [6, 6.07) is 0. The highest BCUT2D eigenvalue weighted by Crippen LogP contribution is 2.20. The molecule has 1 saturated heterocycles. The van der Waals surface area contributed by atoms with Crippen LogP contribution in [0.15, 0.2) is 12.2 Å². The predicted octanol–water partition coefficient (Wildman–Crippen LogP) is 4.33. The molecule has 1 aliphatic heterocycles. The third-order valence-electron chi connectivity index (χ3n) is 2.84. The van der Waals surface area contributed by atoms with Crippen LogP contribution in [0.25, 0.3) is 0 Å². The average Bonchev–Trinajstić information content (AvgIpc) is 2.77. The molecule has 0 radical (unpaired) electrons. The summed E-state index contributed by atoms with van der Waals surface area (Å²) in [5.74, 6) is 0. The molecule has 2 unspecified atom stereocenters. The Morgan fingerprint density at radius 1 is 0.941 bits per heavy atom. The number of hydrogen-bond acceptors (Lipinski definition) is 3. The molecule has 3 heteroatoms. The van der Waals surface area contributed by atoms with Crippen molar-refractivity contribution >= 4 is 0 Å². The summed E-state index contributed by atoms with van der Waals surface area (Å²) in [4.78, 5) is 10.2. The van der Waals surface area contributed by atoms with Crippen molar-refractivity contribution in [3.63, 3.8) is 0 Å². The lowest BCUT2D eigenvalue weighted by molar-refractivity contribution is -0.289. The third kappa shape index (κ3) is 6.81. The van der Waals surface area contributed by atoms with Gasteiger partial charge in [0.05, 0.1) is 0 Å². The van der Waals surface area contributed by atoms with Crippen molar-refractivity contribution in [1.29, 1.82) is 0 Å². The van der Waals surface area contributed by atoms with E-state index in [1.165, 1.54) is 25.7 Å². The molecule has 0 aromatic heterocycles. The molecule has 0 saturated carbocycles. The van der Waals surface area contributed by atoms with Crippen LogP contribution in [0.4, 0.5) is 0 Å². The van der Waals surface area contributed by atoms with E-state index in [1.54, 1.807) is 0 Å². The molecule has 100 valence electrons. The van der Waals surface area contributed by atoms with Crippen molar-refractivity contribution in [2.24, 2.45) is 0 Å². The summed E-state index contributed by atoms with van der Waals surface area (Å²) >= 11 is 0. The van der Waals surface area contributed by atoms with Gasteiger partial charge in [0, 0.05) is 6.42 Å². The largest absolute Gasteiger partial charge is 0.314 e. The molecule has 0 aromatic carbocycles. The van der Waals surface area contributed by atoms with Crippen molar-refractivity contribution < 1.29 is 14.5 Å². The first-order valence-electron chi connectivity index (χ1n) is 7.01. The maximum Gasteiger partial charge on any atom is 0.213 e. The lowest BCUT2D eigenvalue weighted by Gasteiger charge is -2.05. The molecule has 1 aliphatic rings. The summed E-state index contributed by atoms with van der Waals surface area (Å²) in [5.41, 5.74) is 0. The smallest absolute Gasteiger partial charge is 0.213 e. The van der Waals surface area contributed by atoms with E-state index in [-0.39, 0.29) is 12.6 Å². The van der Waals surface area contributed by atoms with Crippen molar-refractivity contribution in [3.8, 4) is 0 Å². The second-order valence-corrected chi connectivity index (χ2v) is 4.55. The van der Waals surface area contributed by atoms with Crippen LogP contribution in [0.5, 0.6) is 0 Å². The van der Waals surface area contributed by atoms with Gasteiger partial charge in [0.25, 0.3) is 0 Å². The molecule has 1 heterocycles. The Morgan fingerprint density at radius 2 is 1.76 bits per heavy atom. The zero-order valence-electron chi connectivity index (χ0n) is 11.2. The number of ether oxygens (including phenoxy) is 1. The van der Waals surface area contributed by atoms with E-state index in [9.17, 15) is 0 Å². The van der Waals surface area contributed by atoms with E-state index >= 15 is 0 Å². The normalized spacial score (nSPS) is 24.8. The van der Waals surface area contributed by atoms with Gasteiger partial charge in [0.2, 0.25) is 6.29 Å². The van der Waals surface area contributed by atoms with E-state index in [4.69, 9.17) is 14.5 Å². The zero-order valence-corrected chi connectivity index (χ0v) is 11.2. The first-order chi connectivity index (χ1) is 8.36. The standard InChI is InChI=1S/C14H26O3/c1-3-5-7-8-10-12-14-15-13(16-17-14)11-9-6-4-2/h9,11,13-14H,3-8,10,12H2,1-2H3. The Kier molecular flexibility index (Phi) is 8.32. The molecule has 0 spiro atoms. The lowest BCUT2D eigenvalue weighted by Crippen LogP contribution is -2.09. The highest BCUT2D eigenvalue weighted by molar-refractivity contribution is 4.85. The van der Waals surface area contributed by atoms with Gasteiger partial charge in [-0.15, -0.1) is 0 Å². The minimum absolute atomic E-state index is 0.173. The monoisotopic (exact) mass is 242 g/mol. The van der Waals surface area contributed by atoms with Crippen LogP contribution in [0, 0.1) is 0 Å². The minimum Gasteiger partial charge on any atom is -0.314 e. The first kappa shape index (κ1) is 14.7. The summed E-state index contributed by atoms with van der Waals surface area (Å²) in [7, 11) is 0. The number of unbranched alkanes of at least 4 members (excludes halogenated alkanes) is 5. The topological polar surface area (TPSA) is 27.7 Å². The molecule has 0 amide bonds. The fourth-order valence-corrected chi connectivity index (χ4v) is 1.79. The fraction of sp³-hybridized carbons (Fsp3) is 0.857. The van der Waals surface area contributed by atoms with Crippen LogP contribution in [0.1, 0.15) is 65.2 Å². The number of hydrogen-bond donors (Lipinski definition) is 0. The van der Waals surface area contributed by atoms with Gasteiger partial charge in [-0.1, -0.05) is 52.0 Å². The van der Waals surface area contributed by atoms with Crippen LogP contribution in [-0.2, 0) is 14.5 Å². The molecular formula is C14H26O3. The highest BCUT2D eigenvalue weighted by atomic mass is 17.3. The van der Waals surface area contributed by atoms with Gasteiger partial charge in [-0.2, -0.15) is 4.89 Å². The first-order valence-corrected chi connectivity index (χ1v) is 7.01. The molecule has 0 aromatic rings. The van der Waals surface area contributed by atoms with Crippen molar-refractivity contribution in [1.82, 2.24) is 0 Å². The van der Waals surface area contributed by atoms with Crippen molar-refractivity contribution in [3.05, 3.63) is 12.2 Å². The zero-order chi connectivity index (χ0) is 12.3. The van der Waals surface area contributed by atoms with Gasteiger partial charge in [-0.25, -0.2) is 4.89 Å². The molecule has 0 aliphatic carbocycles. The second-order valence-electron chi connectivity index (χ2n) is 4.55. The molecular weight excluding hydrogens is 216 g/mol. The molecule has 0 bridgehead atoms. The lowest BCUT2D eigenvalue weighted by atomic mass is 10.1. The van der Waals surface area contributed by atoms with Gasteiger partial charge in [-0.3, -0.25) is 0 Å². The van der Waals surface area contributed by atoms with Crippen molar-refractivity contribution in [2.75, 3.05) is 0 Å². The van der Waals surface area contributed by atoms with Gasteiger partial charge in [0.1, 0.15) is 0 Å². The average molecular weight is 242 g/mol. The Balaban J connectivity index is 2.01. The van der Waals surface area contributed by atoms with Crippen LogP contribution in [-0.4, -0.2) is 12.6 Å². The molecule has 2 atom stereocenters. The van der Waals surface area contributed by atoms with Crippen molar-refractivity contribution in [2.45, 2.75) is 77.8 Å². The van der Waals surface area contributed by atoms with E-state index < -0.39 is 0 Å². The summed E-state index contributed by atoms with van der Waals surface area (Å²) in [6.07, 6.45) is 13.0. The minimum atomic E-state index is -0.304. The Morgan fingerprint density at radius 3 is 2.53 bits per heavy atom. The third-order valence-corrected chi connectivity index (χ3v) is 2.84. The fourth-order valence-electron chi connectivity index (χ4n) is 1.79. The van der Waals surface area contributed by atoms with E-state index in [0.717, 1.165) is 25.7 Å². The SMILES string of the molecule is CCCC=CC1OOC(CCCCCCC)O1. The highest BCUT2D eigenvalue weighted by Gasteiger charge is 2.25. The Labute approximate surface area is 105 Å². The maximum absolute atomic E-state index is 5.58. The van der Waals surface area contributed by atoms with E-state index in [0.29, 0.717) is 0 Å². The summed E-state index contributed by atoms with van der Waals surface area (Å²) < 4.78 is 5.58. The maximum atomic E-state index is 5.58. The molecule has 17 heavy (non-hydrogen) atoms. The van der Waals surface area contributed by atoms with E-state index in [2.05, 4.69) is 19.9 Å². The van der Waals surface area contributed by atoms with Gasteiger partial charge < -0.3 is 4.74 Å². The summed E-state index contributed by atoms with van der Waals surface area (Å²) in [6.45, 7) is 4.38. The van der Waals surface area contributed by atoms with Crippen LogP contribution in [0.2, 0.25) is 0 Å².